The van der Waals surface area contributed by atoms with Crippen molar-refractivity contribution in [3.05, 3.63) is 16.6 Å². The summed E-state index contributed by atoms with van der Waals surface area (Å²) < 4.78 is 0. The van der Waals surface area contributed by atoms with Gasteiger partial charge >= 0.3 is 0 Å². The van der Waals surface area contributed by atoms with Gasteiger partial charge in [0.05, 0.1) is 6.04 Å². The molecule has 3 heteroatoms. The van der Waals surface area contributed by atoms with Crippen molar-refractivity contribution >= 4 is 11.3 Å². The summed E-state index contributed by atoms with van der Waals surface area (Å²) in [5.74, 6) is 1.80. The van der Waals surface area contributed by atoms with E-state index < -0.39 is 0 Å². The molecule has 1 aliphatic carbocycles. The highest BCUT2D eigenvalue weighted by atomic mass is 32.1. The number of hydrogen-bond acceptors (Lipinski definition) is 3. The molecule has 1 aromatic rings. The Labute approximate surface area is 115 Å². The van der Waals surface area contributed by atoms with Gasteiger partial charge in [0.15, 0.2) is 0 Å². The minimum atomic E-state index is 0.464. The molecule has 1 N–H and O–H groups in total. The summed E-state index contributed by atoms with van der Waals surface area (Å²) in [7, 11) is 0. The van der Waals surface area contributed by atoms with Crippen molar-refractivity contribution < 1.29 is 0 Å². The Morgan fingerprint density at radius 2 is 2.06 bits per heavy atom. The van der Waals surface area contributed by atoms with E-state index in [1.165, 1.54) is 30.7 Å². The number of nitrogens with zero attached hydrogens (tertiary/aromatic N) is 1. The maximum atomic E-state index is 4.45. The highest BCUT2D eigenvalue weighted by Gasteiger charge is 2.25. The molecule has 1 atom stereocenters. The van der Waals surface area contributed by atoms with Gasteiger partial charge in [0.1, 0.15) is 5.01 Å². The van der Waals surface area contributed by atoms with Crippen LogP contribution in [0.1, 0.15) is 63.9 Å². The number of rotatable bonds is 5. The number of nitrogens with one attached hydrogen (secondary N) is 1. The third-order valence-corrected chi connectivity index (χ3v) is 5.20. The first kappa shape index (κ1) is 14.0. The molecule has 0 aliphatic heterocycles. The number of thiazole rings is 1. The normalized spacial score (nSPS) is 26.4. The predicted molar refractivity (Wildman–Crippen MR) is 78.9 cm³/mol. The molecule has 0 bridgehead atoms. The average Bonchev–Trinajstić information content (AvgIpc) is 2.90. The van der Waals surface area contributed by atoms with E-state index in [0.29, 0.717) is 12.1 Å². The van der Waals surface area contributed by atoms with Crippen LogP contribution in [0.2, 0.25) is 0 Å². The molecule has 1 fully saturated rings. The summed E-state index contributed by atoms with van der Waals surface area (Å²) in [6, 6.07) is 1.17. The highest BCUT2D eigenvalue weighted by molar-refractivity contribution is 7.09. The molecule has 0 amide bonds. The Hall–Kier alpha value is -0.410. The van der Waals surface area contributed by atoms with Crippen LogP contribution in [0.3, 0.4) is 0 Å². The lowest BCUT2D eigenvalue weighted by Crippen LogP contribution is -2.36. The third kappa shape index (κ3) is 3.55. The van der Waals surface area contributed by atoms with Crippen LogP contribution in [-0.4, -0.2) is 11.0 Å². The van der Waals surface area contributed by atoms with Gasteiger partial charge in [-0.3, -0.25) is 0 Å². The molecule has 1 unspecified atom stereocenters. The maximum absolute atomic E-state index is 4.45. The summed E-state index contributed by atoms with van der Waals surface area (Å²) >= 11 is 1.78. The summed E-state index contributed by atoms with van der Waals surface area (Å²) in [4.78, 5) is 4.45. The molecule has 0 aromatic carbocycles. The standard InChI is InChI=1S/C15H26N2S/c1-4-14(15-16-9-10-18-15)17-13-7-5-12(6-8-13)11(2)3/h9-14,17H,4-8H2,1-3H3. The van der Waals surface area contributed by atoms with Crippen LogP contribution in [-0.2, 0) is 0 Å². The Bertz CT molecular complexity index is 326. The van der Waals surface area contributed by atoms with Crippen LogP contribution >= 0.6 is 11.3 Å². The minimum absolute atomic E-state index is 0.464. The van der Waals surface area contributed by atoms with E-state index >= 15 is 0 Å². The van der Waals surface area contributed by atoms with E-state index in [2.05, 4.69) is 36.5 Å². The van der Waals surface area contributed by atoms with Crippen molar-refractivity contribution in [3.8, 4) is 0 Å². The van der Waals surface area contributed by atoms with Crippen molar-refractivity contribution in [2.24, 2.45) is 11.8 Å². The van der Waals surface area contributed by atoms with E-state index in [0.717, 1.165) is 18.3 Å². The van der Waals surface area contributed by atoms with Crippen LogP contribution in [0, 0.1) is 11.8 Å². The minimum Gasteiger partial charge on any atom is -0.305 e. The van der Waals surface area contributed by atoms with Gasteiger partial charge in [0.25, 0.3) is 0 Å². The largest absolute Gasteiger partial charge is 0.305 e. The Kier molecular flexibility index (Phi) is 5.19. The molecular weight excluding hydrogens is 240 g/mol. The molecule has 0 saturated heterocycles. The first-order valence-corrected chi connectivity index (χ1v) is 8.24. The van der Waals surface area contributed by atoms with Crippen LogP contribution in [0.15, 0.2) is 11.6 Å². The van der Waals surface area contributed by atoms with Crippen molar-refractivity contribution in [1.82, 2.24) is 10.3 Å². The molecule has 2 rings (SSSR count). The third-order valence-electron chi connectivity index (χ3n) is 4.31. The zero-order chi connectivity index (χ0) is 13.0. The summed E-state index contributed by atoms with van der Waals surface area (Å²) in [6.07, 6.45) is 8.51. The van der Waals surface area contributed by atoms with Gasteiger partial charge in [0, 0.05) is 17.6 Å². The van der Waals surface area contributed by atoms with Crippen LogP contribution in [0.4, 0.5) is 0 Å². The lowest BCUT2D eigenvalue weighted by atomic mass is 9.79. The van der Waals surface area contributed by atoms with Gasteiger partial charge in [-0.15, -0.1) is 11.3 Å². The fourth-order valence-corrected chi connectivity index (χ4v) is 3.79. The van der Waals surface area contributed by atoms with E-state index in [1.54, 1.807) is 11.3 Å². The molecule has 0 radical (unpaired) electrons. The molecule has 0 spiro atoms. The lowest BCUT2D eigenvalue weighted by Gasteiger charge is -2.33. The van der Waals surface area contributed by atoms with E-state index in [4.69, 9.17) is 0 Å². The topological polar surface area (TPSA) is 24.9 Å². The van der Waals surface area contributed by atoms with E-state index in [-0.39, 0.29) is 0 Å². The molecular formula is C15H26N2S. The van der Waals surface area contributed by atoms with Crippen molar-refractivity contribution in [3.63, 3.8) is 0 Å². The van der Waals surface area contributed by atoms with Gasteiger partial charge in [-0.1, -0.05) is 20.8 Å². The lowest BCUT2D eigenvalue weighted by molar-refractivity contribution is 0.227. The monoisotopic (exact) mass is 266 g/mol. The van der Waals surface area contributed by atoms with Gasteiger partial charge in [-0.2, -0.15) is 0 Å². The highest BCUT2D eigenvalue weighted by Crippen LogP contribution is 2.31. The van der Waals surface area contributed by atoms with Crippen molar-refractivity contribution in [1.29, 1.82) is 0 Å². The predicted octanol–water partition coefficient (Wildman–Crippen LogP) is 4.40. The zero-order valence-electron chi connectivity index (χ0n) is 11.9. The van der Waals surface area contributed by atoms with Gasteiger partial charge in [-0.25, -0.2) is 4.98 Å². The second-order valence-electron chi connectivity index (χ2n) is 5.85. The van der Waals surface area contributed by atoms with Crippen LogP contribution in [0.25, 0.3) is 0 Å². The Morgan fingerprint density at radius 3 is 2.56 bits per heavy atom. The summed E-state index contributed by atoms with van der Waals surface area (Å²) in [5.41, 5.74) is 0. The number of hydrogen-bond donors (Lipinski definition) is 1. The van der Waals surface area contributed by atoms with E-state index in [9.17, 15) is 0 Å². The first-order valence-electron chi connectivity index (χ1n) is 7.36. The molecule has 1 aliphatic rings. The first-order chi connectivity index (χ1) is 8.70. The Morgan fingerprint density at radius 1 is 1.33 bits per heavy atom. The van der Waals surface area contributed by atoms with Gasteiger partial charge < -0.3 is 5.32 Å². The van der Waals surface area contributed by atoms with Crippen molar-refractivity contribution in [2.75, 3.05) is 0 Å². The van der Waals surface area contributed by atoms with Gasteiger partial charge in [-0.05, 0) is 43.9 Å². The van der Waals surface area contributed by atoms with E-state index in [1.807, 2.05) is 6.20 Å². The van der Waals surface area contributed by atoms with Crippen LogP contribution < -0.4 is 5.32 Å². The molecule has 1 saturated carbocycles. The average molecular weight is 266 g/mol. The van der Waals surface area contributed by atoms with Gasteiger partial charge in [0.2, 0.25) is 0 Å². The Balaban J connectivity index is 1.83. The molecule has 102 valence electrons. The van der Waals surface area contributed by atoms with Crippen molar-refractivity contribution in [2.45, 2.75) is 65.0 Å². The summed E-state index contributed by atoms with van der Waals surface area (Å²) in [5, 5.41) is 7.15. The smallest absolute Gasteiger partial charge is 0.109 e. The molecule has 1 aromatic heterocycles. The number of aromatic nitrogens is 1. The maximum Gasteiger partial charge on any atom is 0.109 e. The fraction of sp³-hybridized carbons (Fsp3) is 0.800. The molecule has 18 heavy (non-hydrogen) atoms. The zero-order valence-corrected chi connectivity index (χ0v) is 12.7. The summed E-state index contributed by atoms with van der Waals surface area (Å²) in [6.45, 7) is 6.98. The SMILES string of the molecule is CCC(NC1CCC(C(C)C)CC1)c1nccs1. The second kappa shape index (κ2) is 6.67. The molecule has 1 heterocycles. The second-order valence-corrected chi connectivity index (χ2v) is 6.78. The molecule has 2 nitrogen and oxygen atoms in total. The quantitative estimate of drug-likeness (QED) is 0.854. The van der Waals surface area contributed by atoms with Crippen LogP contribution in [0.5, 0.6) is 0 Å². The fourth-order valence-electron chi connectivity index (χ4n) is 3.01.